The van der Waals surface area contributed by atoms with E-state index in [2.05, 4.69) is 16.8 Å². The molecule has 0 aromatic heterocycles. The number of aromatic hydroxyl groups is 1. The molecule has 0 radical (unpaired) electrons. The van der Waals surface area contributed by atoms with Crippen LogP contribution in [0.5, 0.6) is 11.5 Å². The molecule has 26 heavy (non-hydrogen) atoms. The van der Waals surface area contributed by atoms with Gasteiger partial charge in [-0.05, 0) is 55.3 Å². The van der Waals surface area contributed by atoms with Crippen molar-refractivity contribution in [2.45, 2.75) is 26.9 Å². The average molecular weight is 354 g/mol. The Morgan fingerprint density at radius 3 is 2.46 bits per heavy atom. The number of hydrogen-bond donors (Lipinski definition) is 1. The van der Waals surface area contributed by atoms with Crippen molar-refractivity contribution in [2.24, 2.45) is 10.2 Å². The topological polar surface area (TPSA) is 80.5 Å². The minimum Gasteiger partial charge on any atom is -0.505 e. The van der Waals surface area contributed by atoms with Gasteiger partial charge in [-0.3, -0.25) is 0 Å². The average Bonchev–Trinajstić information content (AvgIpc) is 2.66. The molecule has 6 nitrogen and oxygen atoms in total. The molecular weight excluding hydrogens is 332 g/mol. The minimum atomic E-state index is -0.507. The monoisotopic (exact) mass is 354 g/mol. The lowest BCUT2D eigenvalue weighted by Gasteiger charge is -2.10. The molecule has 0 aliphatic heterocycles. The van der Waals surface area contributed by atoms with Crippen LogP contribution in [0.2, 0.25) is 0 Å². The van der Waals surface area contributed by atoms with Gasteiger partial charge in [0.25, 0.3) is 0 Å². The van der Waals surface area contributed by atoms with Gasteiger partial charge in [0.15, 0.2) is 0 Å². The van der Waals surface area contributed by atoms with Crippen LogP contribution in [0.4, 0.5) is 11.4 Å². The van der Waals surface area contributed by atoms with Gasteiger partial charge in [-0.25, -0.2) is 4.79 Å². The second kappa shape index (κ2) is 8.80. The summed E-state index contributed by atoms with van der Waals surface area (Å²) < 4.78 is 10.2. The molecule has 0 heterocycles. The van der Waals surface area contributed by atoms with Crippen molar-refractivity contribution in [2.75, 3.05) is 7.11 Å². The molecule has 0 atom stereocenters. The van der Waals surface area contributed by atoms with Crippen molar-refractivity contribution >= 4 is 17.3 Å². The molecule has 0 amide bonds. The van der Waals surface area contributed by atoms with Crippen LogP contribution in [0.25, 0.3) is 0 Å². The molecule has 2 rings (SSSR count). The third-order valence-electron chi connectivity index (χ3n) is 3.69. The van der Waals surface area contributed by atoms with E-state index in [0.29, 0.717) is 22.5 Å². The normalized spacial score (nSPS) is 10.7. The highest BCUT2D eigenvalue weighted by atomic mass is 16.5. The fraction of sp³-hybridized carbons (Fsp3) is 0.250. The Balaban J connectivity index is 2.26. The summed E-state index contributed by atoms with van der Waals surface area (Å²) in [5.74, 6) is 0.156. The summed E-state index contributed by atoms with van der Waals surface area (Å²) in [5.41, 5.74) is 2.68. The van der Waals surface area contributed by atoms with Crippen molar-refractivity contribution in [3.05, 3.63) is 59.7 Å². The number of aryl methyl sites for hydroxylation is 1. The van der Waals surface area contributed by atoms with Crippen molar-refractivity contribution in [3.8, 4) is 11.5 Å². The highest BCUT2D eigenvalue weighted by Gasteiger charge is 2.12. The number of carbonyl (C=O) groups excluding carboxylic acids is 1. The minimum absolute atomic E-state index is 0.0591. The molecule has 6 heteroatoms. The Morgan fingerprint density at radius 1 is 1.19 bits per heavy atom. The van der Waals surface area contributed by atoms with E-state index in [1.807, 2.05) is 6.92 Å². The van der Waals surface area contributed by atoms with Crippen LogP contribution in [0, 0.1) is 0 Å². The Hall–Kier alpha value is -3.15. The van der Waals surface area contributed by atoms with Gasteiger partial charge >= 0.3 is 5.97 Å². The van der Waals surface area contributed by atoms with Crippen LogP contribution in [0.1, 0.15) is 25.0 Å². The van der Waals surface area contributed by atoms with Gasteiger partial charge in [0.05, 0.1) is 12.8 Å². The fourth-order valence-electron chi connectivity index (χ4n) is 2.16. The first kappa shape index (κ1) is 19.2. The molecule has 136 valence electrons. The summed E-state index contributed by atoms with van der Waals surface area (Å²) in [7, 11) is 1.59. The molecule has 2 aromatic carbocycles. The number of benzene rings is 2. The Labute approximate surface area is 152 Å². The fourth-order valence-corrected chi connectivity index (χ4v) is 2.16. The number of methoxy groups -OCH3 is 1. The number of ether oxygens (including phenoxy) is 2. The van der Waals surface area contributed by atoms with Crippen molar-refractivity contribution in [1.29, 1.82) is 0 Å². The van der Waals surface area contributed by atoms with E-state index in [-0.39, 0.29) is 12.4 Å². The maximum Gasteiger partial charge on any atom is 0.333 e. The molecule has 2 aromatic rings. The number of azo groups is 1. The second-order valence-corrected chi connectivity index (χ2v) is 5.73. The Morgan fingerprint density at radius 2 is 1.88 bits per heavy atom. The maximum absolute atomic E-state index is 11.6. The number of hydrogen-bond acceptors (Lipinski definition) is 6. The number of esters is 1. The van der Waals surface area contributed by atoms with Gasteiger partial charge in [-0.2, -0.15) is 5.11 Å². The number of phenolic OH excluding ortho intramolecular Hbond substituents is 1. The van der Waals surface area contributed by atoms with Crippen LogP contribution in [0.15, 0.2) is 58.8 Å². The van der Waals surface area contributed by atoms with E-state index in [1.165, 1.54) is 0 Å². The second-order valence-electron chi connectivity index (χ2n) is 5.73. The lowest BCUT2D eigenvalue weighted by molar-refractivity contribution is -0.140. The summed E-state index contributed by atoms with van der Waals surface area (Å²) in [6, 6.07) is 10.6. The highest BCUT2D eigenvalue weighted by Crippen LogP contribution is 2.34. The quantitative estimate of drug-likeness (QED) is 0.431. The first-order valence-electron chi connectivity index (χ1n) is 8.17. The first-order chi connectivity index (χ1) is 12.4. The zero-order valence-electron chi connectivity index (χ0n) is 15.2. The molecule has 0 bridgehead atoms. The lowest BCUT2D eigenvalue weighted by atomic mass is 10.1. The number of carbonyl (C=O) groups is 1. The van der Waals surface area contributed by atoms with Crippen LogP contribution < -0.4 is 4.74 Å². The van der Waals surface area contributed by atoms with Crippen LogP contribution in [-0.4, -0.2) is 18.2 Å². The van der Waals surface area contributed by atoms with Gasteiger partial charge in [-0.1, -0.05) is 13.5 Å². The number of rotatable bonds is 7. The third kappa shape index (κ3) is 4.92. The van der Waals surface area contributed by atoms with Gasteiger partial charge in [0, 0.05) is 11.1 Å². The summed E-state index contributed by atoms with van der Waals surface area (Å²) in [5, 5.41) is 18.7. The summed E-state index contributed by atoms with van der Waals surface area (Å²) in [6.45, 7) is 7.03. The lowest BCUT2D eigenvalue weighted by Crippen LogP contribution is -2.05. The van der Waals surface area contributed by atoms with Crippen molar-refractivity contribution in [3.63, 3.8) is 0 Å². The largest absolute Gasteiger partial charge is 0.505 e. The maximum atomic E-state index is 11.6. The highest BCUT2D eigenvalue weighted by molar-refractivity contribution is 5.86. The van der Waals surface area contributed by atoms with Crippen molar-refractivity contribution < 1.29 is 19.4 Å². The van der Waals surface area contributed by atoms with Gasteiger partial charge in [0.1, 0.15) is 23.8 Å². The number of phenols is 1. The smallest absolute Gasteiger partial charge is 0.333 e. The van der Waals surface area contributed by atoms with E-state index < -0.39 is 5.97 Å². The van der Waals surface area contributed by atoms with Crippen LogP contribution >= 0.6 is 0 Å². The van der Waals surface area contributed by atoms with E-state index >= 15 is 0 Å². The predicted molar refractivity (Wildman–Crippen MR) is 99.3 cm³/mol. The van der Waals surface area contributed by atoms with E-state index in [1.54, 1.807) is 50.4 Å². The summed E-state index contributed by atoms with van der Waals surface area (Å²) in [4.78, 5) is 11.6. The molecule has 0 spiro atoms. The van der Waals surface area contributed by atoms with Crippen LogP contribution in [0.3, 0.4) is 0 Å². The van der Waals surface area contributed by atoms with Gasteiger partial charge in [0.2, 0.25) is 0 Å². The van der Waals surface area contributed by atoms with E-state index in [0.717, 1.165) is 17.7 Å². The Bertz CT molecular complexity index is 826. The standard InChI is InChI=1S/C20H22N2O4/c1-5-14-10-15(12-26-20(24)13(2)3)19(23)18(11-14)22-21-16-6-8-17(25-4)9-7-16/h6-11,23H,2,5,12H2,1,3-4H3. The summed E-state index contributed by atoms with van der Waals surface area (Å²) >= 11 is 0. The molecule has 0 unspecified atom stereocenters. The molecule has 0 aliphatic carbocycles. The van der Waals surface area contributed by atoms with Gasteiger partial charge < -0.3 is 14.6 Å². The number of nitrogens with zero attached hydrogens (tertiary/aromatic N) is 2. The Kier molecular flexibility index (Phi) is 6.49. The zero-order valence-corrected chi connectivity index (χ0v) is 15.2. The SMILES string of the molecule is C=C(C)C(=O)OCc1cc(CC)cc(N=Nc2ccc(OC)cc2)c1O. The van der Waals surface area contributed by atoms with E-state index in [4.69, 9.17) is 9.47 Å². The van der Waals surface area contributed by atoms with Gasteiger partial charge in [-0.15, -0.1) is 5.11 Å². The summed E-state index contributed by atoms with van der Waals surface area (Å²) in [6.07, 6.45) is 0.743. The van der Waals surface area contributed by atoms with Crippen LogP contribution in [-0.2, 0) is 22.6 Å². The molecule has 0 saturated heterocycles. The molecular formula is C20H22N2O4. The molecule has 0 saturated carbocycles. The molecule has 0 aliphatic rings. The van der Waals surface area contributed by atoms with Crippen molar-refractivity contribution in [1.82, 2.24) is 0 Å². The van der Waals surface area contributed by atoms with E-state index in [9.17, 15) is 9.90 Å². The third-order valence-corrected chi connectivity index (χ3v) is 3.69. The molecule has 1 N–H and O–H groups in total. The zero-order chi connectivity index (χ0) is 19.1. The first-order valence-corrected chi connectivity index (χ1v) is 8.17. The predicted octanol–water partition coefficient (Wildman–Crippen LogP) is 5.00. The molecule has 0 fully saturated rings.